The van der Waals surface area contributed by atoms with Gasteiger partial charge in [0.1, 0.15) is 5.82 Å². The van der Waals surface area contributed by atoms with Crippen LogP contribution in [0.2, 0.25) is 0 Å². The third kappa shape index (κ3) is 3.33. The summed E-state index contributed by atoms with van der Waals surface area (Å²) in [7, 11) is 0. The molecule has 1 saturated heterocycles. The van der Waals surface area contributed by atoms with E-state index in [-0.39, 0.29) is 36.2 Å². The monoisotopic (exact) mass is 331 g/mol. The Hall–Kier alpha value is -2.21. The van der Waals surface area contributed by atoms with Gasteiger partial charge in [-0.15, -0.1) is 0 Å². The van der Waals surface area contributed by atoms with E-state index in [0.29, 0.717) is 24.3 Å². The Morgan fingerprint density at radius 1 is 1.46 bits per heavy atom. The molecule has 0 bridgehead atoms. The molecule has 5 nitrogen and oxygen atoms in total. The number of carbonyl (C=O) groups excluding carboxylic acids is 1. The van der Waals surface area contributed by atoms with Crippen LogP contribution in [0.4, 0.5) is 10.1 Å². The molecule has 0 aliphatic carbocycles. The van der Waals surface area contributed by atoms with Crippen molar-refractivity contribution < 1.29 is 13.9 Å². The van der Waals surface area contributed by atoms with Crippen molar-refractivity contribution in [2.45, 2.75) is 32.9 Å². The zero-order valence-electron chi connectivity index (χ0n) is 13.9. The van der Waals surface area contributed by atoms with Gasteiger partial charge in [-0.25, -0.2) is 4.39 Å². The molecule has 2 heterocycles. The Morgan fingerprint density at radius 3 is 2.92 bits per heavy atom. The summed E-state index contributed by atoms with van der Waals surface area (Å²) in [6, 6.07) is 6.51. The second kappa shape index (κ2) is 7.13. The van der Waals surface area contributed by atoms with Crippen LogP contribution in [0.15, 0.2) is 36.7 Å². The summed E-state index contributed by atoms with van der Waals surface area (Å²) in [5, 5.41) is 6.65. The molecule has 6 heteroatoms. The highest BCUT2D eigenvalue weighted by Gasteiger charge is 2.39. The maximum Gasteiger partial charge on any atom is 0.233 e. The van der Waals surface area contributed by atoms with Crippen LogP contribution in [-0.2, 0) is 16.1 Å². The van der Waals surface area contributed by atoms with Crippen LogP contribution in [0, 0.1) is 17.7 Å². The summed E-state index contributed by atoms with van der Waals surface area (Å²) in [4.78, 5) is 14.8. The fourth-order valence-electron chi connectivity index (χ4n) is 3.22. The van der Waals surface area contributed by atoms with Crippen molar-refractivity contribution in [3.8, 4) is 0 Å². The highest BCUT2D eigenvalue weighted by atomic mass is 19.1. The van der Waals surface area contributed by atoms with Crippen LogP contribution in [0.25, 0.3) is 0 Å². The first-order chi connectivity index (χ1) is 11.6. The number of carbonyl (C=O) groups is 1. The molecule has 0 radical (unpaired) electrons. The van der Waals surface area contributed by atoms with Crippen molar-refractivity contribution in [1.82, 2.24) is 10.2 Å². The third-order valence-corrected chi connectivity index (χ3v) is 4.46. The molecule has 3 rings (SSSR count). The average Bonchev–Trinajstić information content (AvgIpc) is 3.24. The van der Waals surface area contributed by atoms with Crippen LogP contribution in [0.1, 0.15) is 25.8 Å². The van der Waals surface area contributed by atoms with Crippen LogP contribution in [0.3, 0.4) is 0 Å². The zero-order valence-corrected chi connectivity index (χ0v) is 13.9. The Morgan fingerprint density at radius 2 is 2.25 bits per heavy atom. The molecule has 1 aliphatic rings. The molecule has 0 unspecified atom stereocenters. The van der Waals surface area contributed by atoms with Gasteiger partial charge in [-0.05, 0) is 18.4 Å². The minimum Gasteiger partial charge on any atom is -0.377 e. The van der Waals surface area contributed by atoms with Gasteiger partial charge in [0, 0.05) is 18.4 Å². The lowest BCUT2D eigenvalue weighted by Gasteiger charge is -2.28. The number of aromatic amines is 1. The predicted molar refractivity (Wildman–Crippen MR) is 88.9 cm³/mol. The van der Waals surface area contributed by atoms with E-state index in [1.165, 1.54) is 6.07 Å². The molecule has 128 valence electrons. The second-order valence-electron chi connectivity index (χ2n) is 6.45. The number of H-pyrrole nitrogens is 1. The lowest BCUT2D eigenvalue weighted by atomic mass is 9.91. The van der Waals surface area contributed by atoms with E-state index in [4.69, 9.17) is 4.74 Å². The Balaban J connectivity index is 1.88. The van der Waals surface area contributed by atoms with Crippen molar-refractivity contribution in [1.29, 1.82) is 0 Å². The standard InChI is InChI=1S/C18H22FN3O2/c1-12(2)17-15(7-8-24-17)18(23)22(14-9-20-21-10-14)11-13-5-3-4-6-16(13)19/h3-6,9-10,12,15,17H,7-8,11H2,1-2H3,(H,20,21)/t15-,17-/m1/s1. The van der Waals surface area contributed by atoms with E-state index < -0.39 is 0 Å². The number of aromatic nitrogens is 2. The number of ether oxygens (including phenoxy) is 1. The van der Waals surface area contributed by atoms with E-state index in [2.05, 4.69) is 24.0 Å². The first-order valence-corrected chi connectivity index (χ1v) is 8.23. The van der Waals surface area contributed by atoms with Gasteiger partial charge in [0.15, 0.2) is 0 Å². The highest BCUT2D eigenvalue weighted by molar-refractivity contribution is 5.95. The normalized spacial score (nSPS) is 20.5. The SMILES string of the molecule is CC(C)[C@H]1OCC[C@H]1C(=O)N(Cc1ccccc1F)c1cn[nH]c1. The molecule has 0 saturated carbocycles. The molecule has 1 aromatic carbocycles. The fraction of sp³-hybridized carbons (Fsp3) is 0.444. The van der Waals surface area contributed by atoms with Gasteiger partial charge in [0.25, 0.3) is 0 Å². The van der Waals surface area contributed by atoms with Gasteiger partial charge in [-0.2, -0.15) is 5.10 Å². The minimum atomic E-state index is -0.318. The molecule has 0 spiro atoms. The highest BCUT2D eigenvalue weighted by Crippen LogP contribution is 2.30. The molecular formula is C18H22FN3O2. The van der Waals surface area contributed by atoms with Crippen molar-refractivity contribution in [3.05, 3.63) is 48.0 Å². The molecule has 1 N–H and O–H groups in total. The van der Waals surface area contributed by atoms with Gasteiger partial charge < -0.3 is 9.64 Å². The van der Waals surface area contributed by atoms with E-state index in [1.54, 1.807) is 35.5 Å². The number of rotatable bonds is 5. The number of halogens is 1. The molecular weight excluding hydrogens is 309 g/mol. The Bertz CT molecular complexity index is 687. The molecule has 1 amide bonds. The number of amides is 1. The number of nitrogens with one attached hydrogen (secondary N) is 1. The maximum atomic E-state index is 14.1. The first kappa shape index (κ1) is 16.6. The van der Waals surface area contributed by atoms with E-state index in [1.807, 2.05) is 0 Å². The predicted octanol–water partition coefficient (Wildman–Crippen LogP) is 3.14. The lowest BCUT2D eigenvalue weighted by Crippen LogP contribution is -2.40. The topological polar surface area (TPSA) is 58.2 Å². The number of hydrogen-bond acceptors (Lipinski definition) is 3. The first-order valence-electron chi connectivity index (χ1n) is 8.23. The summed E-state index contributed by atoms with van der Waals surface area (Å²) < 4.78 is 19.8. The van der Waals surface area contributed by atoms with E-state index in [0.717, 1.165) is 0 Å². The van der Waals surface area contributed by atoms with Crippen molar-refractivity contribution in [3.63, 3.8) is 0 Å². The Labute approximate surface area is 140 Å². The summed E-state index contributed by atoms with van der Waals surface area (Å²) >= 11 is 0. The summed E-state index contributed by atoms with van der Waals surface area (Å²) in [5.41, 5.74) is 1.12. The third-order valence-electron chi connectivity index (χ3n) is 4.46. The maximum absolute atomic E-state index is 14.1. The minimum absolute atomic E-state index is 0.0455. The zero-order chi connectivity index (χ0) is 17.1. The fourth-order valence-corrected chi connectivity index (χ4v) is 3.22. The van der Waals surface area contributed by atoms with Gasteiger partial charge in [0.05, 0.1) is 30.5 Å². The van der Waals surface area contributed by atoms with Gasteiger partial charge in [-0.1, -0.05) is 32.0 Å². The van der Waals surface area contributed by atoms with Crippen LogP contribution in [-0.4, -0.2) is 28.8 Å². The summed E-state index contributed by atoms with van der Waals surface area (Å²) in [6.07, 6.45) is 3.82. The van der Waals surface area contributed by atoms with Crippen molar-refractivity contribution in [2.75, 3.05) is 11.5 Å². The average molecular weight is 331 g/mol. The Kier molecular flexibility index (Phi) is 4.94. The second-order valence-corrected chi connectivity index (χ2v) is 6.45. The quantitative estimate of drug-likeness (QED) is 0.916. The molecule has 1 fully saturated rings. The van der Waals surface area contributed by atoms with Gasteiger partial charge in [0.2, 0.25) is 5.91 Å². The van der Waals surface area contributed by atoms with E-state index >= 15 is 0 Å². The molecule has 1 aliphatic heterocycles. The van der Waals surface area contributed by atoms with Crippen LogP contribution < -0.4 is 4.90 Å². The van der Waals surface area contributed by atoms with Gasteiger partial charge >= 0.3 is 0 Å². The van der Waals surface area contributed by atoms with E-state index in [9.17, 15) is 9.18 Å². The number of hydrogen-bond donors (Lipinski definition) is 1. The summed E-state index contributed by atoms with van der Waals surface area (Å²) in [6.45, 7) is 4.86. The number of benzene rings is 1. The van der Waals surface area contributed by atoms with Crippen molar-refractivity contribution in [2.24, 2.45) is 11.8 Å². The van der Waals surface area contributed by atoms with Crippen LogP contribution in [0.5, 0.6) is 0 Å². The largest absolute Gasteiger partial charge is 0.377 e. The molecule has 24 heavy (non-hydrogen) atoms. The van der Waals surface area contributed by atoms with Crippen molar-refractivity contribution >= 4 is 11.6 Å². The molecule has 2 atom stereocenters. The molecule has 2 aromatic rings. The smallest absolute Gasteiger partial charge is 0.233 e. The molecule has 1 aromatic heterocycles. The number of anilines is 1. The van der Waals surface area contributed by atoms with Crippen LogP contribution >= 0.6 is 0 Å². The summed E-state index contributed by atoms with van der Waals surface area (Å²) in [5.74, 6) is -0.328. The van der Waals surface area contributed by atoms with Gasteiger partial charge in [-0.3, -0.25) is 9.89 Å². The number of nitrogens with zero attached hydrogens (tertiary/aromatic N) is 2. The lowest BCUT2D eigenvalue weighted by molar-refractivity contribution is -0.125.